The van der Waals surface area contributed by atoms with Gasteiger partial charge in [0, 0.05) is 44.2 Å². The number of rotatable bonds is 24. The standard InChI is InChI=1S/C50H69FN10O11/c1-31-38-28-36(51)9-11-41(38)72-33(3)59(48(65)39-29-55-61-15-12-42(56-31)57-46(39)61)16-14-54-43(62)13-17-67-18-19-68-20-21-69-22-23-70-24-25-71-37-10-8-34-27-40(45(52)63)60(30-35(34)26-37)49(66)44(50(4,5)6)58-47(64)32(2)53-7/h8-12,15,26,28-29,31-33,40,44,53H,13-14,16-25,27,30H2,1-7H3,(H2,52,63)(H,54,62)(H,56,57)(H,58,64)/t31-,32-,33?,40-,44+/m1/s1. The van der Waals surface area contributed by atoms with E-state index in [2.05, 4.69) is 31.3 Å². The molecule has 2 aromatic carbocycles. The number of halogens is 1. The summed E-state index contributed by atoms with van der Waals surface area (Å²) in [4.78, 5) is 73.5. The van der Waals surface area contributed by atoms with Crippen molar-refractivity contribution in [3.8, 4) is 11.5 Å². The highest BCUT2D eigenvalue weighted by Crippen LogP contribution is 2.32. The molecule has 0 aliphatic carbocycles. The molecule has 2 aromatic heterocycles. The number of nitrogens with two attached hydrogens (primary N) is 1. The number of nitrogens with one attached hydrogen (secondary N) is 4. The highest BCUT2D eigenvalue weighted by molar-refractivity contribution is 6.00. The van der Waals surface area contributed by atoms with Crippen LogP contribution in [0.1, 0.15) is 81.1 Å². The average Bonchev–Trinajstić information content (AvgIpc) is 3.77. The lowest BCUT2D eigenvalue weighted by atomic mass is 9.84. The van der Waals surface area contributed by atoms with Gasteiger partial charge in [0.15, 0.2) is 11.9 Å². The van der Waals surface area contributed by atoms with Gasteiger partial charge in [-0.1, -0.05) is 26.8 Å². The number of benzene rings is 2. The Balaban J connectivity index is 0.824. The first-order valence-corrected chi connectivity index (χ1v) is 24.2. The molecule has 4 heterocycles. The third-order valence-electron chi connectivity index (χ3n) is 12.3. The fraction of sp³-hybridized carbons (Fsp3) is 0.540. The Kier molecular flexibility index (Phi) is 19.6. The number of ether oxygens (including phenoxy) is 6. The molecule has 6 rings (SSSR count). The van der Waals surface area contributed by atoms with E-state index in [1.165, 1.54) is 38.7 Å². The summed E-state index contributed by atoms with van der Waals surface area (Å²) >= 11 is 0. The molecule has 6 N–H and O–H groups in total. The highest BCUT2D eigenvalue weighted by atomic mass is 19.1. The molecular weight excluding hydrogens is 936 g/mol. The molecule has 0 fully saturated rings. The minimum Gasteiger partial charge on any atom is -0.491 e. The maximum Gasteiger partial charge on any atom is 0.262 e. The third kappa shape index (κ3) is 14.8. The quantitative estimate of drug-likeness (QED) is 0.0634. The molecule has 4 aromatic rings. The predicted molar refractivity (Wildman–Crippen MR) is 263 cm³/mol. The second-order valence-electron chi connectivity index (χ2n) is 18.6. The van der Waals surface area contributed by atoms with Crippen LogP contribution in [0.2, 0.25) is 0 Å². The van der Waals surface area contributed by atoms with E-state index < -0.39 is 47.4 Å². The molecule has 2 aliphatic heterocycles. The first-order chi connectivity index (χ1) is 34.4. The van der Waals surface area contributed by atoms with Crippen molar-refractivity contribution in [2.45, 2.75) is 91.3 Å². The number of carbonyl (C=O) groups excluding carboxylic acids is 5. The molecule has 0 spiro atoms. The van der Waals surface area contributed by atoms with Gasteiger partial charge in [0.25, 0.3) is 5.91 Å². The van der Waals surface area contributed by atoms with Crippen molar-refractivity contribution in [3.05, 3.63) is 82.9 Å². The molecule has 21 nitrogen and oxygen atoms in total. The van der Waals surface area contributed by atoms with Crippen LogP contribution in [-0.4, -0.2) is 158 Å². The van der Waals surface area contributed by atoms with Crippen LogP contribution in [0, 0.1) is 11.2 Å². The summed E-state index contributed by atoms with van der Waals surface area (Å²) < 4.78 is 50.5. The lowest BCUT2D eigenvalue weighted by molar-refractivity contribution is -0.146. The van der Waals surface area contributed by atoms with Crippen molar-refractivity contribution in [2.75, 3.05) is 84.9 Å². The molecule has 0 radical (unpaired) electrons. The van der Waals surface area contributed by atoms with Crippen LogP contribution < -0.4 is 36.5 Å². The molecule has 0 saturated heterocycles. The Morgan fingerprint density at radius 1 is 0.931 bits per heavy atom. The molecule has 1 unspecified atom stereocenters. The zero-order valence-electron chi connectivity index (χ0n) is 42.2. The Labute approximate surface area is 418 Å². The fourth-order valence-corrected chi connectivity index (χ4v) is 8.11. The van der Waals surface area contributed by atoms with Gasteiger partial charge in [0.05, 0.1) is 71.1 Å². The number of amides is 5. The van der Waals surface area contributed by atoms with Crippen molar-refractivity contribution in [1.29, 1.82) is 0 Å². The molecular formula is C50H69FN10O11. The first kappa shape index (κ1) is 54.9. The number of primary amides is 1. The second kappa shape index (κ2) is 25.8. The summed E-state index contributed by atoms with van der Waals surface area (Å²) in [6.45, 7) is 14.0. The van der Waals surface area contributed by atoms with Gasteiger partial charge in [-0.05, 0) is 80.8 Å². The molecule has 5 atom stereocenters. The van der Waals surface area contributed by atoms with E-state index in [1.807, 2.05) is 45.9 Å². The van der Waals surface area contributed by atoms with Crippen LogP contribution >= 0.6 is 0 Å². The largest absolute Gasteiger partial charge is 0.491 e. The molecule has 22 heteroatoms. The van der Waals surface area contributed by atoms with Crippen LogP contribution in [0.4, 0.5) is 10.2 Å². The Hall–Kier alpha value is -6.46. The zero-order chi connectivity index (χ0) is 52.0. The summed E-state index contributed by atoms with van der Waals surface area (Å²) in [5.74, 6) is -0.956. The van der Waals surface area contributed by atoms with Crippen molar-refractivity contribution < 1.29 is 56.8 Å². The lowest BCUT2D eigenvalue weighted by Crippen LogP contribution is -2.61. The Morgan fingerprint density at radius 3 is 2.28 bits per heavy atom. The number of hydrogen-bond acceptors (Lipinski definition) is 15. The van der Waals surface area contributed by atoms with Gasteiger partial charge >= 0.3 is 0 Å². The van der Waals surface area contributed by atoms with Crippen LogP contribution in [0.25, 0.3) is 5.65 Å². The maximum absolute atomic E-state index is 14.4. The third-order valence-corrected chi connectivity index (χ3v) is 12.3. The van der Waals surface area contributed by atoms with E-state index in [4.69, 9.17) is 34.2 Å². The summed E-state index contributed by atoms with van der Waals surface area (Å²) in [5, 5.41) is 16.1. The van der Waals surface area contributed by atoms with Crippen LogP contribution in [-0.2, 0) is 51.1 Å². The van der Waals surface area contributed by atoms with Gasteiger partial charge in [-0.15, -0.1) is 0 Å². The fourth-order valence-electron chi connectivity index (χ4n) is 8.11. The van der Waals surface area contributed by atoms with Gasteiger partial charge < -0.3 is 65.2 Å². The maximum atomic E-state index is 14.4. The van der Waals surface area contributed by atoms with Crippen molar-refractivity contribution in [3.63, 3.8) is 0 Å². The van der Waals surface area contributed by atoms with Crippen molar-refractivity contribution >= 4 is 41.0 Å². The number of fused-ring (bicyclic) bond motifs is 3. The van der Waals surface area contributed by atoms with Crippen molar-refractivity contribution in [2.24, 2.45) is 11.1 Å². The van der Waals surface area contributed by atoms with Crippen molar-refractivity contribution in [1.82, 2.24) is 40.3 Å². The van der Waals surface area contributed by atoms with E-state index in [-0.39, 0.29) is 81.6 Å². The van der Waals surface area contributed by atoms with E-state index in [9.17, 15) is 28.4 Å². The van der Waals surface area contributed by atoms with Crippen LogP contribution in [0.15, 0.2) is 54.9 Å². The molecule has 72 heavy (non-hydrogen) atoms. The van der Waals surface area contributed by atoms with E-state index in [0.717, 1.165) is 11.1 Å². The van der Waals surface area contributed by atoms with Gasteiger partial charge in [-0.25, -0.2) is 13.9 Å². The van der Waals surface area contributed by atoms with Gasteiger partial charge in [0.1, 0.15) is 47.4 Å². The SMILES string of the molecule is CN[C@H](C)C(=O)N[C@@H](C(=O)N1Cc2cc(OCCOCCOCCOCCOCCC(=O)NCCN3C(=O)c4cnn5ccc(nc45)N[C@H](C)c4cc(F)ccc4OC3C)ccc2C[C@@H]1C(N)=O)C(C)(C)C. The highest BCUT2D eigenvalue weighted by Gasteiger charge is 2.42. The minimum atomic E-state index is -0.891. The smallest absolute Gasteiger partial charge is 0.262 e. The number of anilines is 1. The van der Waals surface area contributed by atoms with Crippen LogP contribution in [0.5, 0.6) is 11.5 Å². The molecule has 2 bridgehead atoms. The van der Waals surface area contributed by atoms with Gasteiger partial charge in [-0.2, -0.15) is 5.10 Å². The van der Waals surface area contributed by atoms with E-state index >= 15 is 0 Å². The second-order valence-corrected chi connectivity index (χ2v) is 18.6. The Morgan fingerprint density at radius 2 is 1.61 bits per heavy atom. The predicted octanol–water partition coefficient (Wildman–Crippen LogP) is 2.75. The first-order valence-electron chi connectivity index (χ1n) is 24.2. The number of likely N-dealkylation sites (N-methyl/N-ethyl adjacent to an activating group) is 1. The number of nitrogens with zero attached hydrogens (tertiary/aromatic N) is 5. The minimum absolute atomic E-state index is 0.101. The Bertz CT molecular complexity index is 2500. The number of hydrogen-bond donors (Lipinski definition) is 5. The molecule has 392 valence electrons. The molecule has 2 aliphatic rings. The summed E-state index contributed by atoms with van der Waals surface area (Å²) in [7, 11) is 1.66. The topological polar surface area (TPSA) is 252 Å². The summed E-state index contributed by atoms with van der Waals surface area (Å²) in [6, 6.07) is 8.80. The van der Waals surface area contributed by atoms with E-state index in [0.29, 0.717) is 68.2 Å². The normalized spacial score (nSPS) is 17.7. The summed E-state index contributed by atoms with van der Waals surface area (Å²) in [5.41, 5.74) is 8.00. The summed E-state index contributed by atoms with van der Waals surface area (Å²) in [6.07, 6.45) is 2.68. The average molecular weight is 1010 g/mol. The molecule has 5 amide bonds. The monoisotopic (exact) mass is 1000 g/mol. The molecule has 0 saturated carbocycles. The number of aromatic nitrogens is 3. The number of carbonyl (C=O) groups is 5. The van der Waals surface area contributed by atoms with E-state index in [1.54, 1.807) is 33.2 Å². The van der Waals surface area contributed by atoms with Gasteiger partial charge in [-0.3, -0.25) is 24.0 Å². The van der Waals surface area contributed by atoms with Gasteiger partial charge in [0.2, 0.25) is 23.6 Å². The lowest BCUT2D eigenvalue weighted by Gasteiger charge is -2.40. The zero-order valence-corrected chi connectivity index (χ0v) is 42.2. The van der Waals surface area contributed by atoms with Crippen LogP contribution in [0.3, 0.4) is 0 Å².